The molecule has 7 heteroatoms. The molecule has 1 unspecified atom stereocenters. The van der Waals surface area contributed by atoms with Gasteiger partial charge in [0.15, 0.2) is 0 Å². The standard InChI is InChI=1S/C14H21NO5S/c1-11(8-9-20-2)21(18,19)15-13(14(16)17)10-12-6-4-3-5-7-12/h3-7,11,13,15H,8-10H2,1-2H3,(H,16,17)/t11?,13-/m1/s1. The predicted octanol–water partition coefficient (Wildman–Crippen LogP) is 1.03. The van der Waals surface area contributed by atoms with Crippen molar-refractivity contribution in [3.63, 3.8) is 0 Å². The van der Waals surface area contributed by atoms with Crippen LogP contribution in [0, 0.1) is 0 Å². The Bertz CT molecular complexity index is 544. The summed E-state index contributed by atoms with van der Waals surface area (Å²) in [6, 6.07) is 7.73. The lowest BCUT2D eigenvalue weighted by atomic mass is 10.1. The van der Waals surface area contributed by atoms with Gasteiger partial charge in [-0.05, 0) is 25.3 Å². The Morgan fingerprint density at radius 2 is 1.95 bits per heavy atom. The molecule has 1 aromatic rings. The summed E-state index contributed by atoms with van der Waals surface area (Å²) in [5.41, 5.74) is 0.761. The van der Waals surface area contributed by atoms with E-state index in [2.05, 4.69) is 4.72 Å². The van der Waals surface area contributed by atoms with Crippen LogP contribution in [-0.2, 0) is 26.0 Å². The molecule has 0 heterocycles. The van der Waals surface area contributed by atoms with Gasteiger partial charge < -0.3 is 9.84 Å². The van der Waals surface area contributed by atoms with Crippen molar-refractivity contribution < 1.29 is 23.1 Å². The summed E-state index contributed by atoms with van der Waals surface area (Å²) in [5, 5.41) is 8.49. The normalized spacial score (nSPS) is 14.6. The molecule has 1 rings (SSSR count). The Morgan fingerprint density at radius 3 is 2.48 bits per heavy atom. The van der Waals surface area contributed by atoms with Crippen molar-refractivity contribution in [1.82, 2.24) is 4.72 Å². The number of sulfonamides is 1. The molecule has 0 radical (unpaired) electrons. The molecule has 2 N–H and O–H groups in total. The first-order valence-corrected chi connectivity index (χ1v) is 8.18. The van der Waals surface area contributed by atoms with Crippen LogP contribution in [0.4, 0.5) is 0 Å². The SMILES string of the molecule is COCCC(C)S(=O)(=O)N[C@H](Cc1ccccc1)C(=O)O. The Morgan fingerprint density at radius 1 is 1.33 bits per heavy atom. The molecule has 0 bridgehead atoms. The molecule has 0 aliphatic rings. The van der Waals surface area contributed by atoms with Gasteiger partial charge in [-0.15, -0.1) is 0 Å². The van der Waals surface area contributed by atoms with Gasteiger partial charge in [-0.1, -0.05) is 30.3 Å². The second kappa shape index (κ2) is 8.11. The highest BCUT2D eigenvalue weighted by Crippen LogP contribution is 2.09. The van der Waals surface area contributed by atoms with E-state index in [1.165, 1.54) is 14.0 Å². The van der Waals surface area contributed by atoms with E-state index in [4.69, 9.17) is 4.74 Å². The maximum atomic E-state index is 12.1. The van der Waals surface area contributed by atoms with Crippen LogP contribution in [0.2, 0.25) is 0 Å². The zero-order valence-corrected chi connectivity index (χ0v) is 13.0. The summed E-state index contributed by atoms with van der Waals surface area (Å²) in [5.74, 6) is -1.19. The fourth-order valence-corrected chi connectivity index (χ4v) is 3.00. The molecule has 6 nitrogen and oxygen atoms in total. The topological polar surface area (TPSA) is 92.7 Å². The summed E-state index contributed by atoms with van der Waals surface area (Å²) in [6.07, 6.45) is 0.413. The van der Waals surface area contributed by atoms with Crippen molar-refractivity contribution >= 4 is 16.0 Å². The van der Waals surface area contributed by atoms with Crippen molar-refractivity contribution in [2.75, 3.05) is 13.7 Å². The molecular formula is C14H21NO5S. The van der Waals surface area contributed by atoms with Crippen LogP contribution >= 0.6 is 0 Å². The van der Waals surface area contributed by atoms with Crippen LogP contribution in [0.5, 0.6) is 0 Å². The smallest absolute Gasteiger partial charge is 0.322 e. The molecule has 21 heavy (non-hydrogen) atoms. The molecule has 0 amide bonds. The third-order valence-electron chi connectivity index (χ3n) is 3.15. The van der Waals surface area contributed by atoms with Gasteiger partial charge in [0.25, 0.3) is 0 Å². The number of benzene rings is 1. The van der Waals surface area contributed by atoms with Gasteiger partial charge in [0.2, 0.25) is 10.0 Å². The minimum atomic E-state index is -3.71. The van der Waals surface area contributed by atoms with E-state index in [-0.39, 0.29) is 6.42 Å². The first-order chi connectivity index (χ1) is 9.86. The second-order valence-corrected chi connectivity index (χ2v) is 6.97. The average Bonchev–Trinajstić information content (AvgIpc) is 2.44. The first-order valence-electron chi connectivity index (χ1n) is 6.63. The average molecular weight is 315 g/mol. The minimum Gasteiger partial charge on any atom is -0.480 e. The third kappa shape index (κ3) is 5.82. The van der Waals surface area contributed by atoms with Crippen LogP contribution in [0.25, 0.3) is 0 Å². The summed E-state index contributed by atoms with van der Waals surface area (Å²) < 4.78 is 31.3. The summed E-state index contributed by atoms with van der Waals surface area (Å²) >= 11 is 0. The molecule has 0 aliphatic carbocycles. The summed E-state index contributed by atoms with van der Waals surface area (Å²) in [6.45, 7) is 1.83. The van der Waals surface area contributed by atoms with Crippen molar-refractivity contribution in [2.45, 2.75) is 31.1 Å². The van der Waals surface area contributed by atoms with E-state index in [1.807, 2.05) is 6.07 Å². The number of rotatable bonds is 9. The molecule has 0 saturated heterocycles. The molecule has 2 atom stereocenters. The van der Waals surface area contributed by atoms with Gasteiger partial charge in [-0.3, -0.25) is 4.79 Å². The number of aliphatic carboxylic acids is 1. The lowest BCUT2D eigenvalue weighted by molar-refractivity contribution is -0.138. The zero-order chi connectivity index (χ0) is 15.9. The molecule has 0 aromatic heterocycles. The number of hydrogen-bond donors (Lipinski definition) is 2. The number of carboxylic acids is 1. The van der Waals surface area contributed by atoms with Crippen molar-refractivity contribution in [1.29, 1.82) is 0 Å². The van der Waals surface area contributed by atoms with Gasteiger partial charge in [0.05, 0.1) is 5.25 Å². The van der Waals surface area contributed by atoms with Crippen LogP contribution < -0.4 is 4.72 Å². The highest BCUT2D eigenvalue weighted by Gasteiger charge is 2.28. The number of nitrogens with one attached hydrogen (secondary N) is 1. The van der Waals surface area contributed by atoms with E-state index in [0.29, 0.717) is 13.0 Å². The molecular weight excluding hydrogens is 294 g/mol. The Kier molecular flexibility index (Phi) is 6.80. The largest absolute Gasteiger partial charge is 0.480 e. The highest BCUT2D eigenvalue weighted by molar-refractivity contribution is 7.90. The van der Waals surface area contributed by atoms with Crippen molar-refractivity contribution in [2.24, 2.45) is 0 Å². The fraction of sp³-hybridized carbons (Fsp3) is 0.500. The first kappa shape index (κ1) is 17.6. The molecule has 118 valence electrons. The lowest BCUT2D eigenvalue weighted by Crippen LogP contribution is -2.45. The Hall–Kier alpha value is -1.44. The predicted molar refractivity (Wildman–Crippen MR) is 79.6 cm³/mol. The van der Waals surface area contributed by atoms with E-state index >= 15 is 0 Å². The van der Waals surface area contributed by atoms with E-state index in [9.17, 15) is 18.3 Å². The number of methoxy groups -OCH3 is 1. The number of carbonyl (C=O) groups is 1. The van der Waals surface area contributed by atoms with Gasteiger partial charge >= 0.3 is 5.97 Å². The maximum Gasteiger partial charge on any atom is 0.322 e. The molecule has 0 fully saturated rings. The maximum absolute atomic E-state index is 12.1. The number of ether oxygens (including phenoxy) is 1. The summed E-state index contributed by atoms with van der Waals surface area (Å²) in [7, 11) is -2.22. The quantitative estimate of drug-likeness (QED) is 0.710. The van der Waals surface area contributed by atoms with Gasteiger partial charge in [-0.25, -0.2) is 13.1 Å². The molecule has 0 aliphatic heterocycles. The Labute approximate surface area is 125 Å². The molecule has 1 aromatic carbocycles. The third-order valence-corrected chi connectivity index (χ3v) is 5.05. The number of hydrogen-bond acceptors (Lipinski definition) is 4. The molecule has 0 saturated carbocycles. The number of carboxylic acid groups (broad SMARTS) is 1. The fourth-order valence-electron chi connectivity index (χ4n) is 1.78. The lowest BCUT2D eigenvalue weighted by Gasteiger charge is -2.18. The second-order valence-electron chi connectivity index (χ2n) is 4.84. The zero-order valence-electron chi connectivity index (χ0n) is 12.2. The summed E-state index contributed by atoms with van der Waals surface area (Å²) in [4.78, 5) is 11.3. The van der Waals surface area contributed by atoms with Crippen LogP contribution in [0.3, 0.4) is 0 Å². The van der Waals surface area contributed by atoms with Gasteiger partial charge in [0.1, 0.15) is 6.04 Å². The Balaban J connectivity index is 2.76. The van der Waals surface area contributed by atoms with Crippen LogP contribution in [-0.4, -0.2) is 44.5 Å². The van der Waals surface area contributed by atoms with E-state index < -0.39 is 27.3 Å². The highest BCUT2D eigenvalue weighted by atomic mass is 32.2. The minimum absolute atomic E-state index is 0.104. The van der Waals surface area contributed by atoms with Crippen molar-refractivity contribution in [3.05, 3.63) is 35.9 Å². The van der Waals surface area contributed by atoms with E-state index in [1.54, 1.807) is 24.3 Å². The van der Waals surface area contributed by atoms with E-state index in [0.717, 1.165) is 5.56 Å². The van der Waals surface area contributed by atoms with Gasteiger partial charge in [-0.2, -0.15) is 0 Å². The van der Waals surface area contributed by atoms with Crippen molar-refractivity contribution in [3.8, 4) is 0 Å². The monoisotopic (exact) mass is 315 g/mol. The van der Waals surface area contributed by atoms with Gasteiger partial charge in [0, 0.05) is 13.7 Å². The van der Waals surface area contributed by atoms with Crippen LogP contribution in [0.1, 0.15) is 18.9 Å². The van der Waals surface area contributed by atoms with Crippen LogP contribution in [0.15, 0.2) is 30.3 Å². The molecule has 0 spiro atoms.